The number of rotatable bonds is 5. The third kappa shape index (κ3) is 4.90. The molecule has 0 aliphatic rings. The highest BCUT2D eigenvalue weighted by Crippen LogP contribution is 2.17. The molecular formula is C17H19BrN2O. The minimum Gasteiger partial charge on any atom is -0.376 e. The van der Waals surface area contributed by atoms with E-state index in [1.807, 2.05) is 36.4 Å². The molecular weight excluding hydrogens is 328 g/mol. The Morgan fingerprint density at radius 1 is 1.00 bits per heavy atom. The van der Waals surface area contributed by atoms with Crippen LogP contribution < -0.4 is 10.6 Å². The lowest BCUT2D eigenvalue weighted by molar-refractivity contribution is -0.114. The predicted molar refractivity (Wildman–Crippen MR) is 91.8 cm³/mol. The van der Waals surface area contributed by atoms with E-state index in [-0.39, 0.29) is 12.5 Å². The molecule has 0 saturated carbocycles. The van der Waals surface area contributed by atoms with Crippen molar-refractivity contribution in [2.45, 2.75) is 19.8 Å². The Labute approximate surface area is 133 Å². The average molecular weight is 347 g/mol. The highest BCUT2D eigenvalue weighted by atomic mass is 79.9. The van der Waals surface area contributed by atoms with Crippen molar-refractivity contribution >= 4 is 33.2 Å². The van der Waals surface area contributed by atoms with E-state index in [1.54, 1.807) is 0 Å². The summed E-state index contributed by atoms with van der Waals surface area (Å²) >= 11 is 3.36. The minimum absolute atomic E-state index is 0.0646. The molecule has 2 aromatic rings. The molecule has 3 nitrogen and oxygen atoms in total. The third-order valence-corrected chi connectivity index (χ3v) is 3.69. The second-order valence-corrected chi connectivity index (χ2v) is 6.10. The molecule has 1 amide bonds. The lowest BCUT2D eigenvalue weighted by Gasteiger charge is -2.10. The SMILES string of the molecule is CC(C)c1ccc(NCC(=O)Nc2ccc(Br)cc2)cc1. The van der Waals surface area contributed by atoms with Crippen LogP contribution in [0.1, 0.15) is 25.3 Å². The summed E-state index contributed by atoms with van der Waals surface area (Å²) in [5.41, 5.74) is 3.03. The van der Waals surface area contributed by atoms with Gasteiger partial charge in [0.15, 0.2) is 0 Å². The maximum Gasteiger partial charge on any atom is 0.243 e. The van der Waals surface area contributed by atoms with Crippen LogP contribution in [0, 0.1) is 0 Å². The van der Waals surface area contributed by atoms with E-state index in [9.17, 15) is 4.79 Å². The molecule has 21 heavy (non-hydrogen) atoms. The maximum atomic E-state index is 11.9. The van der Waals surface area contributed by atoms with Gasteiger partial charge in [-0.1, -0.05) is 41.9 Å². The number of halogens is 1. The molecule has 2 rings (SSSR count). The monoisotopic (exact) mass is 346 g/mol. The average Bonchev–Trinajstić information content (AvgIpc) is 2.48. The van der Waals surface area contributed by atoms with Crippen molar-refractivity contribution in [3.05, 3.63) is 58.6 Å². The van der Waals surface area contributed by atoms with Gasteiger partial charge in [-0.25, -0.2) is 0 Å². The molecule has 0 spiro atoms. The van der Waals surface area contributed by atoms with Gasteiger partial charge in [0.25, 0.3) is 0 Å². The quantitative estimate of drug-likeness (QED) is 0.828. The molecule has 0 aromatic heterocycles. The molecule has 2 N–H and O–H groups in total. The van der Waals surface area contributed by atoms with Gasteiger partial charge in [0.05, 0.1) is 6.54 Å². The first kappa shape index (κ1) is 15.6. The van der Waals surface area contributed by atoms with Crippen molar-refractivity contribution in [1.82, 2.24) is 0 Å². The fourth-order valence-corrected chi connectivity index (χ4v) is 2.17. The van der Waals surface area contributed by atoms with E-state index in [1.165, 1.54) is 5.56 Å². The van der Waals surface area contributed by atoms with Crippen molar-refractivity contribution in [3.8, 4) is 0 Å². The molecule has 0 atom stereocenters. The third-order valence-electron chi connectivity index (χ3n) is 3.16. The summed E-state index contributed by atoms with van der Waals surface area (Å²) < 4.78 is 0.990. The zero-order chi connectivity index (χ0) is 15.2. The molecule has 0 aliphatic carbocycles. The van der Waals surface area contributed by atoms with Crippen molar-refractivity contribution in [2.75, 3.05) is 17.2 Å². The Morgan fingerprint density at radius 3 is 2.14 bits per heavy atom. The summed E-state index contributed by atoms with van der Waals surface area (Å²) in [5.74, 6) is 0.449. The Morgan fingerprint density at radius 2 is 1.57 bits per heavy atom. The molecule has 0 unspecified atom stereocenters. The van der Waals surface area contributed by atoms with Crippen LogP contribution >= 0.6 is 15.9 Å². The van der Waals surface area contributed by atoms with Gasteiger partial charge in [-0.15, -0.1) is 0 Å². The summed E-state index contributed by atoms with van der Waals surface area (Å²) in [5, 5.41) is 5.97. The smallest absolute Gasteiger partial charge is 0.243 e. The molecule has 0 fully saturated rings. The van der Waals surface area contributed by atoms with Crippen LogP contribution in [0.2, 0.25) is 0 Å². The van der Waals surface area contributed by atoms with Crippen LogP contribution in [0.25, 0.3) is 0 Å². The summed E-state index contributed by atoms with van der Waals surface area (Å²) in [6, 6.07) is 15.7. The van der Waals surface area contributed by atoms with E-state index < -0.39 is 0 Å². The lowest BCUT2D eigenvalue weighted by atomic mass is 10.0. The summed E-state index contributed by atoms with van der Waals surface area (Å²) in [6.07, 6.45) is 0. The van der Waals surface area contributed by atoms with Crippen molar-refractivity contribution in [1.29, 1.82) is 0 Å². The van der Waals surface area contributed by atoms with Gasteiger partial charge >= 0.3 is 0 Å². The number of carbonyl (C=O) groups is 1. The van der Waals surface area contributed by atoms with Crippen LogP contribution in [-0.4, -0.2) is 12.5 Å². The number of carbonyl (C=O) groups excluding carboxylic acids is 1. The largest absolute Gasteiger partial charge is 0.376 e. The molecule has 2 aromatic carbocycles. The summed E-state index contributed by atoms with van der Waals surface area (Å²) in [7, 11) is 0. The van der Waals surface area contributed by atoms with Crippen LogP contribution in [0.4, 0.5) is 11.4 Å². The normalized spacial score (nSPS) is 10.5. The molecule has 0 bridgehead atoms. The van der Waals surface area contributed by atoms with Gasteiger partial charge in [-0.05, 0) is 47.9 Å². The van der Waals surface area contributed by atoms with E-state index in [0.717, 1.165) is 15.8 Å². The fraction of sp³-hybridized carbons (Fsp3) is 0.235. The van der Waals surface area contributed by atoms with Crippen LogP contribution in [0.3, 0.4) is 0 Å². The number of hydrogen-bond donors (Lipinski definition) is 2. The number of nitrogens with one attached hydrogen (secondary N) is 2. The number of benzene rings is 2. The zero-order valence-corrected chi connectivity index (χ0v) is 13.8. The van der Waals surface area contributed by atoms with Gasteiger partial charge in [-0.3, -0.25) is 4.79 Å². The Balaban J connectivity index is 1.84. The zero-order valence-electron chi connectivity index (χ0n) is 12.2. The first-order chi connectivity index (χ1) is 10.0. The van der Waals surface area contributed by atoms with Crippen molar-refractivity contribution < 1.29 is 4.79 Å². The minimum atomic E-state index is -0.0646. The summed E-state index contributed by atoms with van der Waals surface area (Å²) in [6.45, 7) is 4.57. The van der Waals surface area contributed by atoms with E-state index in [2.05, 4.69) is 52.5 Å². The summed E-state index contributed by atoms with van der Waals surface area (Å²) in [4.78, 5) is 11.9. The molecule has 4 heteroatoms. The van der Waals surface area contributed by atoms with Gasteiger partial charge in [0, 0.05) is 15.8 Å². The molecule has 0 heterocycles. The first-order valence-corrected chi connectivity index (χ1v) is 7.73. The first-order valence-electron chi connectivity index (χ1n) is 6.94. The van der Waals surface area contributed by atoms with Crippen LogP contribution in [0.15, 0.2) is 53.0 Å². The number of anilines is 2. The van der Waals surface area contributed by atoms with Crippen molar-refractivity contribution in [2.24, 2.45) is 0 Å². The van der Waals surface area contributed by atoms with E-state index >= 15 is 0 Å². The molecule has 0 radical (unpaired) electrons. The standard InChI is InChI=1S/C17H19BrN2O/c1-12(2)13-3-7-15(8-4-13)19-11-17(21)20-16-9-5-14(18)6-10-16/h3-10,12,19H,11H2,1-2H3,(H,20,21). The second kappa shape index (κ2) is 7.27. The number of amides is 1. The van der Waals surface area contributed by atoms with Gasteiger partial charge < -0.3 is 10.6 Å². The van der Waals surface area contributed by atoms with Crippen LogP contribution in [-0.2, 0) is 4.79 Å². The van der Waals surface area contributed by atoms with E-state index in [0.29, 0.717) is 5.92 Å². The maximum absolute atomic E-state index is 11.9. The van der Waals surface area contributed by atoms with Gasteiger partial charge in [0.2, 0.25) is 5.91 Å². The van der Waals surface area contributed by atoms with Crippen molar-refractivity contribution in [3.63, 3.8) is 0 Å². The molecule has 0 saturated heterocycles. The topological polar surface area (TPSA) is 41.1 Å². The molecule has 0 aliphatic heterocycles. The Bertz CT molecular complexity index is 591. The fourth-order valence-electron chi connectivity index (χ4n) is 1.91. The lowest BCUT2D eigenvalue weighted by Crippen LogP contribution is -2.21. The van der Waals surface area contributed by atoms with Gasteiger partial charge in [0.1, 0.15) is 0 Å². The highest BCUT2D eigenvalue weighted by molar-refractivity contribution is 9.10. The molecule has 110 valence electrons. The highest BCUT2D eigenvalue weighted by Gasteiger charge is 2.03. The Hall–Kier alpha value is -1.81. The van der Waals surface area contributed by atoms with Gasteiger partial charge in [-0.2, -0.15) is 0 Å². The number of hydrogen-bond acceptors (Lipinski definition) is 2. The second-order valence-electron chi connectivity index (χ2n) is 5.19. The predicted octanol–water partition coefficient (Wildman–Crippen LogP) is 4.62. The Kier molecular flexibility index (Phi) is 5.39. The van der Waals surface area contributed by atoms with Crippen LogP contribution in [0.5, 0.6) is 0 Å². The van der Waals surface area contributed by atoms with E-state index in [4.69, 9.17) is 0 Å².